The van der Waals surface area contributed by atoms with Crippen molar-refractivity contribution in [3.63, 3.8) is 0 Å². The topological polar surface area (TPSA) is 86.1 Å². The molecule has 2 aliphatic rings. The number of morpholine rings is 1. The number of ether oxygens (including phenoxy) is 3. The molecule has 0 N–H and O–H groups in total. The maximum atomic E-state index is 13.9. The zero-order valence-electron chi connectivity index (χ0n) is 23.7. The van der Waals surface area contributed by atoms with Crippen molar-refractivity contribution >= 4 is 29.4 Å². The molecule has 0 radical (unpaired) electrons. The molecular weight excluding hydrogens is 528 g/mol. The maximum absolute atomic E-state index is 13.9. The van der Waals surface area contributed by atoms with Gasteiger partial charge in [-0.3, -0.25) is 14.5 Å². The van der Waals surface area contributed by atoms with Crippen molar-refractivity contribution in [3.8, 4) is 22.8 Å². The van der Waals surface area contributed by atoms with Crippen molar-refractivity contribution in [2.45, 2.75) is 31.6 Å². The zero-order valence-corrected chi connectivity index (χ0v) is 24.5. The van der Waals surface area contributed by atoms with E-state index in [4.69, 9.17) is 19.3 Å². The molecule has 9 nitrogen and oxygen atoms in total. The first-order chi connectivity index (χ1) is 19.2. The molecule has 10 heteroatoms. The predicted octanol–water partition coefficient (Wildman–Crippen LogP) is 4.35. The SMILES string of the molecule is COc1ccc(OC)c([C@H]2SCC(=O)N(CC(=O)N3CCOCC3)c3c2c(-c2ccccc2)nn3C(C)(C)C)c1. The number of rotatable bonds is 6. The minimum Gasteiger partial charge on any atom is -0.497 e. The summed E-state index contributed by atoms with van der Waals surface area (Å²) in [6.45, 7) is 8.12. The van der Waals surface area contributed by atoms with E-state index in [0.717, 1.165) is 22.4 Å². The number of amides is 2. The molecule has 0 aliphatic carbocycles. The standard InChI is InChI=1S/C30H36N4O5S/c1-30(2,3)34-29-26(27(31-34)20-9-7-6-8-10-20)28(22-17-21(37-4)11-12-23(22)38-5)40-19-25(36)33(29)18-24(35)32-13-15-39-16-14-32/h6-12,17,28H,13-16,18-19H2,1-5H3/t28-/m1/s1. The minimum absolute atomic E-state index is 0.0651. The van der Waals surface area contributed by atoms with Crippen LogP contribution in [0.1, 0.15) is 37.1 Å². The lowest BCUT2D eigenvalue weighted by Gasteiger charge is -2.32. The van der Waals surface area contributed by atoms with Crippen LogP contribution in [-0.2, 0) is 19.9 Å². The molecule has 0 bridgehead atoms. The lowest BCUT2D eigenvalue weighted by molar-refractivity contribution is -0.134. The van der Waals surface area contributed by atoms with Crippen LogP contribution >= 0.6 is 11.8 Å². The lowest BCUT2D eigenvalue weighted by atomic mass is 9.98. The van der Waals surface area contributed by atoms with Crippen LogP contribution in [0.25, 0.3) is 11.3 Å². The van der Waals surface area contributed by atoms with Gasteiger partial charge in [-0.05, 0) is 39.0 Å². The Morgan fingerprint density at radius 3 is 2.45 bits per heavy atom. The number of anilines is 1. The van der Waals surface area contributed by atoms with Gasteiger partial charge >= 0.3 is 0 Å². The summed E-state index contributed by atoms with van der Waals surface area (Å²) < 4.78 is 18.7. The molecule has 5 rings (SSSR count). The van der Waals surface area contributed by atoms with Gasteiger partial charge in [0, 0.05) is 29.8 Å². The van der Waals surface area contributed by atoms with Gasteiger partial charge in [0.25, 0.3) is 0 Å². The van der Waals surface area contributed by atoms with Gasteiger partial charge in [0.05, 0.1) is 49.7 Å². The fraction of sp³-hybridized carbons (Fsp3) is 0.433. The van der Waals surface area contributed by atoms with Gasteiger partial charge < -0.3 is 19.1 Å². The molecule has 2 aliphatic heterocycles. The molecule has 0 unspecified atom stereocenters. The zero-order chi connectivity index (χ0) is 28.4. The first kappa shape index (κ1) is 28.0. The van der Waals surface area contributed by atoms with Crippen LogP contribution < -0.4 is 14.4 Å². The van der Waals surface area contributed by atoms with Crippen LogP contribution in [0, 0.1) is 0 Å². The van der Waals surface area contributed by atoms with Gasteiger partial charge in [-0.15, -0.1) is 11.8 Å². The monoisotopic (exact) mass is 564 g/mol. The smallest absolute Gasteiger partial charge is 0.242 e. The molecule has 3 aromatic rings. The molecule has 1 aromatic heterocycles. The molecule has 212 valence electrons. The van der Waals surface area contributed by atoms with Crippen molar-refractivity contribution in [2.75, 3.05) is 57.7 Å². The van der Waals surface area contributed by atoms with Gasteiger partial charge in [0.15, 0.2) is 0 Å². The van der Waals surface area contributed by atoms with Crippen molar-refractivity contribution in [2.24, 2.45) is 0 Å². The van der Waals surface area contributed by atoms with E-state index < -0.39 is 5.54 Å². The number of carbonyl (C=O) groups is 2. The Hall–Kier alpha value is -3.50. The van der Waals surface area contributed by atoms with Crippen molar-refractivity contribution in [1.29, 1.82) is 0 Å². The van der Waals surface area contributed by atoms with Crippen molar-refractivity contribution in [3.05, 3.63) is 59.7 Å². The summed E-state index contributed by atoms with van der Waals surface area (Å²) in [5.41, 5.74) is 2.98. The highest BCUT2D eigenvalue weighted by Gasteiger charge is 2.40. The largest absolute Gasteiger partial charge is 0.497 e. The molecule has 40 heavy (non-hydrogen) atoms. The number of carbonyl (C=O) groups excluding carboxylic acids is 2. The van der Waals surface area contributed by atoms with Crippen molar-refractivity contribution < 1.29 is 23.8 Å². The summed E-state index contributed by atoms with van der Waals surface area (Å²) in [5.74, 6) is 1.97. The Balaban J connectivity index is 1.75. The van der Waals surface area contributed by atoms with E-state index in [1.807, 2.05) is 53.2 Å². The van der Waals surface area contributed by atoms with Gasteiger partial charge in [0.2, 0.25) is 11.8 Å². The molecular formula is C30H36N4O5S. The fourth-order valence-corrected chi connectivity index (χ4v) is 6.35. The lowest BCUT2D eigenvalue weighted by Crippen LogP contribution is -2.48. The summed E-state index contributed by atoms with van der Waals surface area (Å²) >= 11 is 1.51. The number of benzene rings is 2. The van der Waals surface area contributed by atoms with E-state index >= 15 is 0 Å². The highest BCUT2D eigenvalue weighted by Crippen LogP contribution is 2.51. The second-order valence-corrected chi connectivity index (χ2v) is 11.9. The normalized spacial score (nSPS) is 17.8. The summed E-state index contributed by atoms with van der Waals surface area (Å²) in [6.07, 6.45) is 0. The first-order valence-corrected chi connectivity index (χ1v) is 14.5. The average molecular weight is 565 g/mol. The molecule has 1 atom stereocenters. The Bertz CT molecular complexity index is 1380. The predicted molar refractivity (Wildman–Crippen MR) is 156 cm³/mol. The Morgan fingerprint density at radius 2 is 1.80 bits per heavy atom. The third kappa shape index (κ3) is 5.42. The number of methoxy groups -OCH3 is 2. The molecule has 0 spiro atoms. The van der Waals surface area contributed by atoms with E-state index in [0.29, 0.717) is 43.6 Å². The third-order valence-corrected chi connectivity index (χ3v) is 8.38. The highest BCUT2D eigenvalue weighted by atomic mass is 32.2. The summed E-state index contributed by atoms with van der Waals surface area (Å²) in [4.78, 5) is 30.8. The number of thioether (sulfide) groups is 1. The number of fused-ring (bicyclic) bond motifs is 1. The van der Waals surface area contributed by atoms with Crippen LogP contribution in [0.3, 0.4) is 0 Å². The second-order valence-electron chi connectivity index (χ2n) is 10.8. The van der Waals surface area contributed by atoms with E-state index in [-0.39, 0.29) is 29.4 Å². The quantitative estimate of drug-likeness (QED) is 0.440. The molecule has 3 heterocycles. The molecule has 0 saturated carbocycles. The Morgan fingerprint density at radius 1 is 1.07 bits per heavy atom. The fourth-order valence-electron chi connectivity index (χ4n) is 5.13. The summed E-state index contributed by atoms with van der Waals surface area (Å²) in [5, 5.41) is 4.84. The van der Waals surface area contributed by atoms with Gasteiger partial charge in [-0.25, -0.2) is 4.68 Å². The molecule has 2 amide bonds. The Labute approximate surface area is 239 Å². The second kappa shape index (κ2) is 11.5. The maximum Gasteiger partial charge on any atom is 0.242 e. The van der Waals surface area contributed by atoms with Crippen LogP contribution in [-0.4, -0.2) is 79.3 Å². The number of aromatic nitrogens is 2. The van der Waals surface area contributed by atoms with Crippen LogP contribution in [0.2, 0.25) is 0 Å². The van der Waals surface area contributed by atoms with Crippen molar-refractivity contribution in [1.82, 2.24) is 14.7 Å². The number of hydrogen-bond donors (Lipinski definition) is 0. The van der Waals surface area contributed by atoms with E-state index in [2.05, 4.69) is 20.8 Å². The third-order valence-electron chi connectivity index (χ3n) is 7.15. The van der Waals surface area contributed by atoms with Gasteiger partial charge in [-0.2, -0.15) is 5.10 Å². The molecule has 2 aromatic carbocycles. The van der Waals surface area contributed by atoms with E-state index in [1.165, 1.54) is 11.8 Å². The average Bonchev–Trinajstić information content (AvgIpc) is 3.31. The van der Waals surface area contributed by atoms with Crippen LogP contribution in [0.4, 0.5) is 5.82 Å². The highest BCUT2D eigenvalue weighted by molar-refractivity contribution is 8.00. The van der Waals surface area contributed by atoms with Crippen LogP contribution in [0.5, 0.6) is 11.5 Å². The number of hydrogen-bond acceptors (Lipinski definition) is 7. The summed E-state index contributed by atoms with van der Waals surface area (Å²) in [6, 6.07) is 15.7. The summed E-state index contributed by atoms with van der Waals surface area (Å²) in [7, 11) is 3.27. The molecule has 1 saturated heterocycles. The van der Waals surface area contributed by atoms with Gasteiger partial charge in [-0.1, -0.05) is 30.3 Å². The van der Waals surface area contributed by atoms with E-state index in [1.54, 1.807) is 24.0 Å². The number of nitrogens with zero attached hydrogens (tertiary/aromatic N) is 4. The van der Waals surface area contributed by atoms with Gasteiger partial charge in [0.1, 0.15) is 23.9 Å². The molecule has 1 fully saturated rings. The Kier molecular flexibility index (Phi) is 8.09. The van der Waals surface area contributed by atoms with Crippen LogP contribution in [0.15, 0.2) is 48.5 Å². The van der Waals surface area contributed by atoms with E-state index in [9.17, 15) is 9.59 Å². The first-order valence-electron chi connectivity index (χ1n) is 13.4. The minimum atomic E-state index is -0.477.